The molecule has 5 nitrogen and oxygen atoms in total. The van der Waals surface area contributed by atoms with Crippen molar-refractivity contribution in [3.05, 3.63) is 36.0 Å². The third-order valence-electron chi connectivity index (χ3n) is 2.53. The molecule has 0 aliphatic carbocycles. The zero-order chi connectivity index (χ0) is 13.7. The Morgan fingerprint density at radius 3 is 2.79 bits per heavy atom. The molecular formula is C14H17N3O2. The van der Waals surface area contributed by atoms with E-state index < -0.39 is 0 Å². The van der Waals surface area contributed by atoms with Gasteiger partial charge in [-0.05, 0) is 19.1 Å². The van der Waals surface area contributed by atoms with Gasteiger partial charge in [-0.25, -0.2) is 9.97 Å². The van der Waals surface area contributed by atoms with Crippen molar-refractivity contribution in [2.24, 2.45) is 0 Å². The zero-order valence-electron chi connectivity index (χ0n) is 11.1. The summed E-state index contributed by atoms with van der Waals surface area (Å²) >= 11 is 0. The first-order valence-electron chi connectivity index (χ1n) is 6.13. The molecule has 0 atom stereocenters. The molecule has 1 aromatic carbocycles. The summed E-state index contributed by atoms with van der Waals surface area (Å²) in [6.07, 6.45) is 0. The standard InChI is InChI=1S/C14H17N3O2/c1-3-15-13-8-11(9-19-2)16-14(17-13)10-5-4-6-12(18)7-10/h4-8,18H,3,9H2,1-2H3,(H,15,16,17). The van der Waals surface area contributed by atoms with Gasteiger partial charge in [0.1, 0.15) is 11.6 Å². The molecule has 0 unspecified atom stereocenters. The van der Waals surface area contributed by atoms with Crippen molar-refractivity contribution in [2.45, 2.75) is 13.5 Å². The summed E-state index contributed by atoms with van der Waals surface area (Å²) in [5.74, 6) is 1.52. The van der Waals surface area contributed by atoms with Crippen LogP contribution in [0.3, 0.4) is 0 Å². The first-order valence-corrected chi connectivity index (χ1v) is 6.13. The van der Waals surface area contributed by atoms with Crippen LogP contribution < -0.4 is 5.32 Å². The number of phenols is 1. The van der Waals surface area contributed by atoms with Gasteiger partial charge in [0.05, 0.1) is 12.3 Å². The molecule has 0 fully saturated rings. The van der Waals surface area contributed by atoms with Crippen molar-refractivity contribution >= 4 is 5.82 Å². The number of benzene rings is 1. The highest BCUT2D eigenvalue weighted by Gasteiger charge is 2.07. The van der Waals surface area contributed by atoms with E-state index in [1.165, 1.54) is 0 Å². The molecule has 2 aromatic rings. The minimum atomic E-state index is 0.197. The van der Waals surface area contributed by atoms with E-state index in [4.69, 9.17) is 4.74 Å². The van der Waals surface area contributed by atoms with E-state index in [0.717, 1.165) is 23.6 Å². The van der Waals surface area contributed by atoms with Gasteiger partial charge in [0.2, 0.25) is 0 Å². The first kappa shape index (κ1) is 13.3. The Bertz CT molecular complexity index is 534. The van der Waals surface area contributed by atoms with Crippen molar-refractivity contribution < 1.29 is 9.84 Å². The summed E-state index contributed by atoms with van der Waals surface area (Å²) in [5, 5.41) is 12.7. The Balaban J connectivity index is 2.43. The molecule has 1 aromatic heterocycles. The number of aromatic hydroxyl groups is 1. The minimum absolute atomic E-state index is 0.197. The largest absolute Gasteiger partial charge is 0.508 e. The van der Waals surface area contributed by atoms with E-state index >= 15 is 0 Å². The van der Waals surface area contributed by atoms with E-state index in [1.54, 1.807) is 25.3 Å². The Hall–Kier alpha value is -2.14. The molecule has 100 valence electrons. The van der Waals surface area contributed by atoms with E-state index in [0.29, 0.717) is 12.4 Å². The highest BCUT2D eigenvalue weighted by Crippen LogP contribution is 2.22. The van der Waals surface area contributed by atoms with Crippen LogP contribution in [0.15, 0.2) is 30.3 Å². The molecule has 0 amide bonds. The quantitative estimate of drug-likeness (QED) is 0.863. The molecule has 2 N–H and O–H groups in total. The lowest BCUT2D eigenvalue weighted by Crippen LogP contribution is -2.04. The number of anilines is 1. The van der Waals surface area contributed by atoms with E-state index in [-0.39, 0.29) is 5.75 Å². The Labute approximate surface area is 112 Å². The van der Waals surface area contributed by atoms with E-state index in [1.807, 2.05) is 19.1 Å². The maximum Gasteiger partial charge on any atom is 0.161 e. The third-order valence-corrected chi connectivity index (χ3v) is 2.53. The lowest BCUT2D eigenvalue weighted by atomic mass is 10.2. The average molecular weight is 259 g/mol. The fourth-order valence-corrected chi connectivity index (χ4v) is 1.77. The van der Waals surface area contributed by atoms with Gasteiger partial charge in [-0.1, -0.05) is 12.1 Å². The molecule has 0 saturated carbocycles. The van der Waals surface area contributed by atoms with Crippen LogP contribution in [0.4, 0.5) is 5.82 Å². The molecule has 0 radical (unpaired) electrons. The maximum absolute atomic E-state index is 9.52. The smallest absolute Gasteiger partial charge is 0.161 e. The molecule has 0 bridgehead atoms. The number of nitrogens with zero attached hydrogens (tertiary/aromatic N) is 2. The summed E-state index contributed by atoms with van der Waals surface area (Å²) in [5.41, 5.74) is 1.57. The van der Waals surface area contributed by atoms with Crippen LogP contribution in [-0.4, -0.2) is 28.7 Å². The summed E-state index contributed by atoms with van der Waals surface area (Å²) < 4.78 is 5.11. The predicted molar refractivity (Wildman–Crippen MR) is 74.0 cm³/mol. The van der Waals surface area contributed by atoms with Gasteiger partial charge in [-0.15, -0.1) is 0 Å². The van der Waals surface area contributed by atoms with E-state index in [9.17, 15) is 5.11 Å². The number of nitrogens with one attached hydrogen (secondary N) is 1. The average Bonchev–Trinajstić information content (AvgIpc) is 2.39. The van der Waals surface area contributed by atoms with Gasteiger partial charge in [0, 0.05) is 25.3 Å². The van der Waals surface area contributed by atoms with Gasteiger partial charge in [0.25, 0.3) is 0 Å². The van der Waals surface area contributed by atoms with Crippen LogP contribution in [-0.2, 0) is 11.3 Å². The van der Waals surface area contributed by atoms with Crippen molar-refractivity contribution in [3.8, 4) is 17.1 Å². The number of methoxy groups -OCH3 is 1. The van der Waals surface area contributed by atoms with Gasteiger partial charge in [-0.3, -0.25) is 0 Å². The number of hydrogen-bond donors (Lipinski definition) is 2. The highest BCUT2D eigenvalue weighted by atomic mass is 16.5. The lowest BCUT2D eigenvalue weighted by Gasteiger charge is -2.08. The molecule has 0 aliphatic rings. The molecule has 19 heavy (non-hydrogen) atoms. The maximum atomic E-state index is 9.52. The molecule has 0 spiro atoms. The lowest BCUT2D eigenvalue weighted by molar-refractivity contribution is 0.181. The summed E-state index contributed by atoms with van der Waals surface area (Å²) in [6.45, 7) is 3.21. The van der Waals surface area contributed by atoms with Gasteiger partial charge < -0.3 is 15.2 Å². The van der Waals surface area contributed by atoms with Crippen LogP contribution in [0.2, 0.25) is 0 Å². The first-order chi connectivity index (χ1) is 9.22. The van der Waals surface area contributed by atoms with Crippen LogP contribution in [0.25, 0.3) is 11.4 Å². The second-order valence-electron chi connectivity index (χ2n) is 4.08. The monoisotopic (exact) mass is 259 g/mol. The molecule has 0 saturated heterocycles. The van der Waals surface area contributed by atoms with Crippen molar-refractivity contribution in [2.75, 3.05) is 19.0 Å². The Morgan fingerprint density at radius 2 is 2.11 bits per heavy atom. The van der Waals surface area contributed by atoms with Gasteiger partial charge in [-0.2, -0.15) is 0 Å². The number of ether oxygens (including phenoxy) is 1. The van der Waals surface area contributed by atoms with Gasteiger partial charge >= 0.3 is 0 Å². The predicted octanol–water partition coefficient (Wildman–Crippen LogP) is 2.43. The number of hydrogen-bond acceptors (Lipinski definition) is 5. The van der Waals surface area contributed by atoms with Crippen LogP contribution >= 0.6 is 0 Å². The normalized spacial score (nSPS) is 10.4. The molecule has 2 rings (SSSR count). The summed E-state index contributed by atoms with van der Waals surface area (Å²) in [6, 6.07) is 8.75. The molecule has 0 aliphatic heterocycles. The summed E-state index contributed by atoms with van der Waals surface area (Å²) in [4.78, 5) is 8.86. The van der Waals surface area contributed by atoms with Crippen LogP contribution in [0.5, 0.6) is 5.75 Å². The number of phenolic OH excluding ortho intramolecular Hbond substituents is 1. The van der Waals surface area contributed by atoms with Gasteiger partial charge in [0.15, 0.2) is 5.82 Å². The second-order valence-corrected chi connectivity index (χ2v) is 4.08. The van der Waals surface area contributed by atoms with Crippen LogP contribution in [0.1, 0.15) is 12.6 Å². The molecule has 5 heteroatoms. The highest BCUT2D eigenvalue weighted by molar-refractivity contribution is 5.59. The van der Waals surface area contributed by atoms with Crippen molar-refractivity contribution in [1.29, 1.82) is 0 Å². The molecular weight excluding hydrogens is 242 g/mol. The SMILES string of the molecule is CCNc1cc(COC)nc(-c2cccc(O)c2)n1. The number of rotatable bonds is 5. The van der Waals surface area contributed by atoms with Crippen molar-refractivity contribution in [3.63, 3.8) is 0 Å². The fourth-order valence-electron chi connectivity index (χ4n) is 1.77. The Kier molecular flexibility index (Phi) is 4.30. The fraction of sp³-hybridized carbons (Fsp3) is 0.286. The van der Waals surface area contributed by atoms with Crippen LogP contribution in [0, 0.1) is 0 Å². The van der Waals surface area contributed by atoms with E-state index in [2.05, 4.69) is 15.3 Å². The topological polar surface area (TPSA) is 67.3 Å². The zero-order valence-corrected chi connectivity index (χ0v) is 11.1. The molecule has 1 heterocycles. The third kappa shape index (κ3) is 3.42. The number of aromatic nitrogens is 2. The summed E-state index contributed by atoms with van der Waals surface area (Å²) in [7, 11) is 1.63. The Morgan fingerprint density at radius 1 is 1.26 bits per heavy atom. The minimum Gasteiger partial charge on any atom is -0.508 e. The van der Waals surface area contributed by atoms with Crippen molar-refractivity contribution in [1.82, 2.24) is 9.97 Å². The second kappa shape index (κ2) is 6.15.